The van der Waals surface area contributed by atoms with Crippen LogP contribution in [0.15, 0.2) is 66.7 Å². The van der Waals surface area contributed by atoms with Crippen LogP contribution in [0.3, 0.4) is 0 Å². The van der Waals surface area contributed by atoms with Gasteiger partial charge < -0.3 is 19.3 Å². The zero-order valence-corrected chi connectivity index (χ0v) is 24.0. The molecule has 5 rings (SSSR count). The van der Waals surface area contributed by atoms with Crippen LogP contribution in [0.2, 0.25) is 0 Å². The Morgan fingerprint density at radius 2 is 1.50 bits per heavy atom. The zero-order valence-electron chi connectivity index (χ0n) is 24.0. The molecule has 0 aromatic heterocycles. The first-order chi connectivity index (χ1) is 19.3. The molecule has 1 saturated heterocycles. The number of carbonyl (C=O) groups excluding carboxylic acids is 2. The molecule has 40 heavy (non-hydrogen) atoms. The van der Waals surface area contributed by atoms with Gasteiger partial charge in [-0.1, -0.05) is 42.5 Å². The smallest absolute Gasteiger partial charge is 0.264 e. The third-order valence-electron chi connectivity index (χ3n) is 8.05. The number of ether oxygens (including phenoxy) is 2. The molecule has 1 unspecified atom stereocenters. The lowest BCUT2D eigenvalue weighted by atomic mass is 10.0. The van der Waals surface area contributed by atoms with Crippen molar-refractivity contribution in [2.45, 2.75) is 19.0 Å². The predicted molar refractivity (Wildman–Crippen MR) is 156 cm³/mol. The van der Waals surface area contributed by atoms with Crippen molar-refractivity contribution in [2.24, 2.45) is 0 Å². The minimum absolute atomic E-state index is 0.252. The van der Waals surface area contributed by atoms with Crippen molar-refractivity contribution in [1.82, 2.24) is 14.7 Å². The summed E-state index contributed by atoms with van der Waals surface area (Å²) in [5.74, 6) is 0.640. The van der Waals surface area contributed by atoms with Gasteiger partial charge in [-0.2, -0.15) is 0 Å². The summed E-state index contributed by atoms with van der Waals surface area (Å²) in [6.07, 6.45) is 0. The van der Waals surface area contributed by atoms with Gasteiger partial charge in [-0.25, -0.2) is 0 Å². The maximum Gasteiger partial charge on any atom is 0.264 e. The van der Waals surface area contributed by atoms with E-state index in [1.54, 1.807) is 20.3 Å². The summed E-state index contributed by atoms with van der Waals surface area (Å²) in [4.78, 5) is 36.0. The number of amides is 2. The van der Waals surface area contributed by atoms with Gasteiger partial charge in [-0.05, 0) is 56.4 Å². The predicted octanol–water partition coefficient (Wildman–Crippen LogP) is 4.49. The van der Waals surface area contributed by atoms with E-state index in [-0.39, 0.29) is 11.8 Å². The standard InChI is InChI=1S/C32H38N4O4/c1-22(23-10-7-6-8-11-23)34-16-18-35(19-17-34)26-13-9-12-25-30(26)32(38)36(31(25)37)27(21-33(2)3)24-14-15-28(39-4)29(20-24)40-5/h6-15,20,22,27H,16-19,21H2,1-5H3/t22-,27?/m1/s1. The molecule has 0 saturated carbocycles. The van der Waals surface area contributed by atoms with E-state index in [0.29, 0.717) is 35.2 Å². The summed E-state index contributed by atoms with van der Waals surface area (Å²) in [7, 11) is 7.04. The van der Waals surface area contributed by atoms with E-state index in [4.69, 9.17) is 9.47 Å². The highest BCUT2D eigenvalue weighted by Gasteiger charge is 2.43. The van der Waals surface area contributed by atoms with Gasteiger partial charge in [-0.15, -0.1) is 0 Å². The summed E-state index contributed by atoms with van der Waals surface area (Å²) in [5, 5.41) is 0. The second kappa shape index (κ2) is 11.7. The number of benzene rings is 3. The van der Waals surface area contributed by atoms with Gasteiger partial charge in [0.25, 0.3) is 11.8 Å². The summed E-state index contributed by atoms with van der Waals surface area (Å²) >= 11 is 0. The molecule has 2 aliphatic rings. The monoisotopic (exact) mass is 542 g/mol. The number of methoxy groups -OCH3 is 2. The van der Waals surface area contributed by atoms with Gasteiger partial charge in [0.1, 0.15) is 0 Å². The molecular weight excluding hydrogens is 504 g/mol. The second-order valence-electron chi connectivity index (χ2n) is 10.7. The fourth-order valence-electron chi connectivity index (χ4n) is 5.87. The topological polar surface area (TPSA) is 65.6 Å². The average Bonchev–Trinajstić information content (AvgIpc) is 3.24. The van der Waals surface area contributed by atoms with E-state index in [9.17, 15) is 9.59 Å². The molecule has 0 bridgehead atoms. The van der Waals surface area contributed by atoms with Gasteiger partial charge in [0.15, 0.2) is 11.5 Å². The van der Waals surface area contributed by atoms with Crippen molar-refractivity contribution in [2.75, 3.05) is 65.9 Å². The Balaban J connectivity index is 1.41. The first-order valence-electron chi connectivity index (χ1n) is 13.8. The normalized spacial score (nSPS) is 17.2. The molecule has 0 spiro atoms. The van der Waals surface area contributed by atoms with Crippen LogP contribution in [0.25, 0.3) is 0 Å². The van der Waals surface area contributed by atoms with Gasteiger partial charge in [-0.3, -0.25) is 19.4 Å². The minimum atomic E-state index is -0.487. The van der Waals surface area contributed by atoms with Gasteiger partial charge in [0, 0.05) is 38.8 Å². The third-order valence-corrected chi connectivity index (χ3v) is 8.05. The number of hydrogen-bond acceptors (Lipinski definition) is 7. The van der Waals surface area contributed by atoms with E-state index in [1.165, 1.54) is 10.5 Å². The van der Waals surface area contributed by atoms with Gasteiger partial charge in [0.05, 0.1) is 37.1 Å². The number of carbonyl (C=O) groups is 2. The molecule has 210 valence electrons. The Labute approximate surface area is 236 Å². The van der Waals surface area contributed by atoms with Gasteiger partial charge in [0.2, 0.25) is 0 Å². The second-order valence-corrected chi connectivity index (χ2v) is 10.7. The lowest BCUT2D eigenvalue weighted by molar-refractivity contribution is 0.0557. The molecule has 2 heterocycles. The molecule has 8 nitrogen and oxygen atoms in total. The molecule has 1 fully saturated rings. The van der Waals surface area contributed by atoms with Crippen LogP contribution in [0.4, 0.5) is 5.69 Å². The quantitative estimate of drug-likeness (QED) is 0.369. The molecule has 0 aliphatic carbocycles. The van der Waals surface area contributed by atoms with E-state index in [2.05, 4.69) is 41.0 Å². The number of nitrogens with zero attached hydrogens (tertiary/aromatic N) is 4. The van der Waals surface area contributed by atoms with Crippen LogP contribution in [0.1, 0.15) is 50.9 Å². The summed E-state index contributed by atoms with van der Waals surface area (Å²) in [6.45, 7) is 6.04. The number of anilines is 1. The Morgan fingerprint density at radius 3 is 2.15 bits per heavy atom. The Morgan fingerprint density at radius 1 is 0.800 bits per heavy atom. The number of piperazine rings is 1. The van der Waals surface area contributed by atoms with Crippen LogP contribution >= 0.6 is 0 Å². The van der Waals surface area contributed by atoms with Crippen molar-refractivity contribution >= 4 is 17.5 Å². The highest BCUT2D eigenvalue weighted by atomic mass is 16.5. The van der Waals surface area contributed by atoms with Crippen molar-refractivity contribution in [3.8, 4) is 11.5 Å². The Bertz CT molecular complexity index is 1370. The van der Waals surface area contributed by atoms with Crippen molar-refractivity contribution in [3.05, 3.63) is 89.0 Å². The van der Waals surface area contributed by atoms with Crippen LogP contribution < -0.4 is 14.4 Å². The summed E-state index contributed by atoms with van der Waals surface area (Å²) < 4.78 is 10.9. The fraction of sp³-hybridized carbons (Fsp3) is 0.375. The van der Waals surface area contributed by atoms with E-state index in [1.807, 2.05) is 55.4 Å². The van der Waals surface area contributed by atoms with Crippen LogP contribution in [0, 0.1) is 0 Å². The maximum absolute atomic E-state index is 14.1. The van der Waals surface area contributed by atoms with E-state index >= 15 is 0 Å². The molecule has 2 aliphatic heterocycles. The Kier molecular flexibility index (Phi) is 8.09. The largest absolute Gasteiger partial charge is 0.493 e. The Hall–Kier alpha value is -3.88. The molecule has 2 atom stereocenters. The first kappa shape index (κ1) is 27.7. The summed E-state index contributed by atoms with van der Waals surface area (Å²) in [5.41, 5.74) is 3.91. The zero-order chi connectivity index (χ0) is 28.4. The van der Waals surface area contributed by atoms with Crippen molar-refractivity contribution in [1.29, 1.82) is 0 Å². The molecule has 8 heteroatoms. The molecule has 2 amide bonds. The van der Waals surface area contributed by atoms with Crippen molar-refractivity contribution in [3.63, 3.8) is 0 Å². The van der Waals surface area contributed by atoms with Crippen molar-refractivity contribution < 1.29 is 19.1 Å². The summed E-state index contributed by atoms with van der Waals surface area (Å²) in [6, 6.07) is 21.6. The SMILES string of the molecule is COc1ccc(C(CN(C)C)N2C(=O)c3cccc(N4CCN([C@H](C)c5ccccc5)CC4)c3C2=O)cc1OC. The lowest BCUT2D eigenvalue weighted by Gasteiger charge is -2.39. The molecule has 0 N–H and O–H groups in total. The van der Waals surface area contributed by atoms with Crippen LogP contribution in [-0.4, -0.2) is 87.6 Å². The first-order valence-corrected chi connectivity index (χ1v) is 13.8. The average molecular weight is 543 g/mol. The maximum atomic E-state index is 14.1. The number of fused-ring (bicyclic) bond motifs is 1. The number of hydrogen-bond donors (Lipinski definition) is 0. The fourth-order valence-corrected chi connectivity index (χ4v) is 5.87. The molecular formula is C32H38N4O4. The number of likely N-dealkylation sites (N-methyl/N-ethyl adjacent to an activating group) is 1. The lowest BCUT2D eigenvalue weighted by Crippen LogP contribution is -2.47. The van der Waals surface area contributed by atoms with Crippen LogP contribution in [-0.2, 0) is 0 Å². The molecule has 3 aromatic rings. The van der Waals surface area contributed by atoms with E-state index in [0.717, 1.165) is 37.4 Å². The number of imide groups is 1. The molecule has 3 aromatic carbocycles. The number of rotatable bonds is 9. The highest BCUT2D eigenvalue weighted by molar-refractivity contribution is 6.24. The van der Waals surface area contributed by atoms with E-state index < -0.39 is 6.04 Å². The minimum Gasteiger partial charge on any atom is -0.493 e. The molecule has 0 radical (unpaired) electrons. The van der Waals surface area contributed by atoms with Crippen LogP contribution in [0.5, 0.6) is 11.5 Å². The van der Waals surface area contributed by atoms with Gasteiger partial charge >= 0.3 is 0 Å². The highest BCUT2D eigenvalue weighted by Crippen LogP contribution is 2.39. The third kappa shape index (κ3) is 5.17.